The van der Waals surface area contributed by atoms with Gasteiger partial charge < -0.3 is 9.94 Å². The van der Waals surface area contributed by atoms with Gasteiger partial charge in [0.05, 0.1) is 13.2 Å². The average molecular weight is 310 g/mol. The van der Waals surface area contributed by atoms with Gasteiger partial charge in [0.25, 0.3) is 0 Å². The van der Waals surface area contributed by atoms with Crippen molar-refractivity contribution in [3.05, 3.63) is 71.3 Å². The predicted octanol–water partition coefficient (Wildman–Crippen LogP) is 2.79. The summed E-state index contributed by atoms with van der Waals surface area (Å²) in [5, 5.41) is 12.9. The Hall–Kier alpha value is -2.17. The first kappa shape index (κ1) is 15.7. The van der Waals surface area contributed by atoms with Crippen molar-refractivity contribution < 1.29 is 9.94 Å². The maximum Gasteiger partial charge on any atom is 0.117 e. The molecule has 0 bridgehead atoms. The average Bonchev–Trinajstić information content (AvgIpc) is 2.63. The van der Waals surface area contributed by atoms with Gasteiger partial charge in [-0.2, -0.15) is 0 Å². The van der Waals surface area contributed by atoms with E-state index in [1.807, 2.05) is 42.5 Å². The summed E-state index contributed by atoms with van der Waals surface area (Å²) in [6.45, 7) is 4.70. The number of benzene rings is 2. The highest BCUT2D eigenvalue weighted by Gasteiger charge is 2.11. The molecule has 4 heteroatoms. The summed E-state index contributed by atoms with van der Waals surface area (Å²) in [4.78, 5) is 2.43. The van der Waals surface area contributed by atoms with Crippen molar-refractivity contribution >= 4 is 5.71 Å². The van der Waals surface area contributed by atoms with Crippen LogP contribution < -0.4 is 0 Å². The molecule has 0 radical (unpaired) electrons. The molecule has 1 saturated heterocycles. The molecule has 0 atom stereocenters. The third kappa shape index (κ3) is 4.18. The maximum absolute atomic E-state index is 9.42. The molecule has 0 amide bonds. The van der Waals surface area contributed by atoms with E-state index >= 15 is 0 Å². The highest BCUT2D eigenvalue weighted by Crippen LogP contribution is 2.14. The predicted molar refractivity (Wildman–Crippen MR) is 91.3 cm³/mol. The van der Waals surface area contributed by atoms with E-state index in [-0.39, 0.29) is 0 Å². The quantitative estimate of drug-likeness (QED) is 0.525. The van der Waals surface area contributed by atoms with E-state index < -0.39 is 0 Å². The van der Waals surface area contributed by atoms with Crippen LogP contribution in [0.3, 0.4) is 0 Å². The van der Waals surface area contributed by atoms with Crippen molar-refractivity contribution in [2.45, 2.75) is 6.42 Å². The fourth-order valence-electron chi connectivity index (χ4n) is 2.86. The molecule has 0 aromatic heterocycles. The lowest BCUT2D eigenvalue weighted by molar-refractivity contribution is 0.0384. The second-order valence-corrected chi connectivity index (χ2v) is 5.72. The Balaban J connectivity index is 1.71. The molecule has 120 valence electrons. The van der Waals surface area contributed by atoms with Crippen molar-refractivity contribution in [1.29, 1.82) is 0 Å². The van der Waals surface area contributed by atoms with E-state index in [9.17, 15) is 5.21 Å². The number of hydrogen-bond acceptors (Lipinski definition) is 4. The summed E-state index contributed by atoms with van der Waals surface area (Å²) in [6, 6.07) is 18.0. The molecule has 2 aromatic carbocycles. The molecule has 0 aliphatic carbocycles. The lowest BCUT2D eigenvalue weighted by Crippen LogP contribution is -2.37. The van der Waals surface area contributed by atoms with E-state index in [2.05, 4.69) is 22.2 Å². The number of rotatable bonds is 5. The molecule has 0 unspecified atom stereocenters. The molecule has 1 heterocycles. The minimum atomic E-state index is 0.610. The van der Waals surface area contributed by atoms with E-state index in [0.29, 0.717) is 5.71 Å². The van der Waals surface area contributed by atoms with Crippen LogP contribution in [0.25, 0.3) is 0 Å². The number of ether oxygens (including phenoxy) is 1. The van der Waals surface area contributed by atoms with Crippen molar-refractivity contribution in [1.82, 2.24) is 4.90 Å². The van der Waals surface area contributed by atoms with Crippen LogP contribution in [0.1, 0.15) is 16.7 Å². The highest BCUT2D eigenvalue weighted by molar-refractivity contribution is 6.12. The molecule has 0 spiro atoms. The number of oxime groups is 1. The molecule has 1 N–H and O–H groups in total. The van der Waals surface area contributed by atoms with Crippen LogP contribution >= 0.6 is 0 Å². The molecule has 4 nitrogen and oxygen atoms in total. The number of nitrogens with zero attached hydrogens (tertiary/aromatic N) is 2. The molecule has 1 aliphatic rings. The molecule has 23 heavy (non-hydrogen) atoms. The normalized spacial score (nSPS) is 16.4. The first-order valence-electron chi connectivity index (χ1n) is 8.04. The fourth-order valence-corrected chi connectivity index (χ4v) is 2.86. The van der Waals surface area contributed by atoms with Crippen LogP contribution in [0.5, 0.6) is 0 Å². The molecular formula is C19H22N2O2. The lowest BCUT2D eigenvalue weighted by Gasteiger charge is -2.26. The first-order valence-corrected chi connectivity index (χ1v) is 8.04. The van der Waals surface area contributed by atoms with Crippen molar-refractivity contribution in [2.24, 2.45) is 5.16 Å². The smallest absolute Gasteiger partial charge is 0.117 e. The van der Waals surface area contributed by atoms with Crippen LogP contribution in [0.2, 0.25) is 0 Å². The second kappa shape index (κ2) is 7.90. The number of hydrogen-bond donors (Lipinski definition) is 1. The molecule has 0 saturated carbocycles. The van der Waals surface area contributed by atoms with Gasteiger partial charge in [0, 0.05) is 30.8 Å². The Bertz CT molecular complexity index is 649. The zero-order valence-electron chi connectivity index (χ0n) is 13.2. The summed E-state index contributed by atoms with van der Waals surface area (Å²) < 4.78 is 5.38. The highest BCUT2D eigenvalue weighted by atomic mass is 16.5. The summed E-state index contributed by atoms with van der Waals surface area (Å²) in [5.74, 6) is 0. The number of morpholine rings is 1. The summed E-state index contributed by atoms with van der Waals surface area (Å²) in [6.07, 6.45) is 0.987. The van der Waals surface area contributed by atoms with Gasteiger partial charge in [0.1, 0.15) is 5.71 Å². The van der Waals surface area contributed by atoms with E-state index in [1.54, 1.807) is 0 Å². The van der Waals surface area contributed by atoms with Gasteiger partial charge in [-0.05, 0) is 18.1 Å². The van der Waals surface area contributed by atoms with E-state index in [1.165, 1.54) is 5.56 Å². The van der Waals surface area contributed by atoms with Gasteiger partial charge in [-0.25, -0.2) is 0 Å². The maximum atomic E-state index is 9.42. The van der Waals surface area contributed by atoms with E-state index in [4.69, 9.17) is 4.74 Å². The largest absolute Gasteiger partial charge is 0.410 e. The van der Waals surface area contributed by atoms with Crippen molar-refractivity contribution in [3.8, 4) is 0 Å². The van der Waals surface area contributed by atoms with Gasteiger partial charge in [-0.1, -0.05) is 53.7 Å². The first-order chi connectivity index (χ1) is 11.4. The van der Waals surface area contributed by atoms with Crippen LogP contribution in [0.15, 0.2) is 59.8 Å². The Morgan fingerprint density at radius 2 is 1.74 bits per heavy atom. The van der Waals surface area contributed by atoms with E-state index in [0.717, 1.165) is 50.4 Å². The Morgan fingerprint density at radius 1 is 1.00 bits per heavy atom. The molecule has 3 rings (SSSR count). The molecule has 1 fully saturated rings. The third-order valence-corrected chi connectivity index (χ3v) is 4.17. The van der Waals surface area contributed by atoms with Gasteiger partial charge >= 0.3 is 0 Å². The second-order valence-electron chi connectivity index (χ2n) is 5.72. The Kier molecular flexibility index (Phi) is 5.40. The lowest BCUT2D eigenvalue weighted by atomic mass is 9.99. The topological polar surface area (TPSA) is 45.1 Å². The monoisotopic (exact) mass is 310 g/mol. The minimum Gasteiger partial charge on any atom is -0.410 e. The minimum absolute atomic E-state index is 0.610. The zero-order chi connectivity index (χ0) is 15.9. The van der Waals surface area contributed by atoms with Crippen LogP contribution in [-0.2, 0) is 11.2 Å². The van der Waals surface area contributed by atoms with Crippen LogP contribution in [-0.4, -0.2) is 48.7 Å². The summed E-state index contributed by atoms with van der Waals surface area (Å²) in [5.41, 5.74) is 3.73. The molecular weight excluding hydrogens is 288 g/mol. The summed E-state index contributed by atoms with van der Waals surface area (Å²) >= 11 is 0. The standard InChI is InChI=1S/C19H22N2O2/c22-20-19(17-6-2-1-3-7-17)18-8-4-5-16(15-18)9-10-21-11-13-23-14-12-21/h1-8,15,22H,9-14H2. The fraction of sp³-hybridized carbons (Fsp3) is 0.316. The van der Waals surface area contributed by atoms with Gasteiger partial charge in [-0.15, -0.1) is 0 Å². The molecule has 2 aromatic rings. The zero-order valence-corrected chi connectivity index (χ0v) is 13.2. The third-order valence-electron chi connectivity index (χ3n) is 4.17. The summed E-state index contributed by atoms with van der Waals surface area (Å²) in [7, 11) is 0. The van der Waals surface area contributed by atoms with Crippen LogP contribution in [0, 0.1) is 0 Å². The Morgan fingerprint density at radius 3 is 2.48 bits per heavy atom. The molecule has 1 aliphatic heterocycles. The van der Waals surface area contributed by atoms with Gasteiger partial charge in [-0.3, -0.25) is 4.90 Å². The van der Waals surface area contributed by atoms with Crippen LogP contribution in [0.4, 0.5) is 0 Å². The van der Waals surface area contributed by atoms with Gasteiger partial charge in [0.15, 0.2) is 0 Å². The van der Waals surface area contributed by atoms with Gasteiger partial charge in [0.2, 0.25) is 0 Å². The van der Waals surface area contributed by atoms with Crippen molar-refractivity contribution in [3.63, 3.8) is 0 Å². The SMILES string of the molecule is ON=C(c1ccccc1)c1cccc(CCN2CCOCC2)c1. The Labute approximate surface area is 137 Å². The van der Waals surface area contributed by atoms with Crippen molar-refractivity contribution in [2.75, 3.05) is 32.8 Å².